The number of carbonyl (C=O) groups excluding carboxylic acids is 2. The lowest BCUT2D eigenvalue weighted by atomic mass is 9.70. The van der Waals surface area contributed by atoms with Crippen LogP contribution >= 0.6 is 0 Å². The summed E-state index contributed by atoms with van der Waals surface area (Å²) in [6.45, 7) is 2.41. The van der Waals surface area contributed by atoms with Crippen LogP contribution < -0.4 is 5.32 Å². The molecule has 2 amide bonds. The molecule has 2 bridgehead atoms. The van der Waals surface area contributed by atoms with Gasteiger partial charge in [0.1, 0.15) is 18.2 Å². The van der Waals surface area contributed by atoms with Gasteiger partial charge in [0.2, 0.25) is 5.91 Å². The van der Waals surface area contributed by atoms with Gasteiger partial charge < -0.3 is 20.1 Å². The number of ether oxygens (including phenoxy) is 1. The van der Waals surface area contributed by atoms with Crippen molar-refractivity contribution in [2.75, 3.05) is 13.2 Å². The lowest BCUT2D eigenvalue weighted by Crippen LogP contribution is -2.67. The van der Waals surface area contributed by atoms with Crippen molar-refractivity contribution in [3.63, 3.8) is 0 Å². The molecule has 0 aromatic heterocycles. The van der Waals surface area contributed by atoms with Crippen LogP contribution in [0, 0.1) is 5.92 Å². The van der Waals surface area contributed by atoms with Crippen molar-refractivity contribution in [1.82, 2.24) is 10.2 Å². The van der Waals surface area contributed by atoms with E-state index < -0.39 is 23.6 Å². The van der Waals surface area contributed by atoms with Crippen molar-refractivity contribution >= 4 is 18.0 Å². The summed E-state index contributed by atoms with van der Waals surface area (Å²) in [6, 6.07) is 15.4. The fraction of sp³-hybridized carbons (Fsp3) is 0.444. The molecule has 2 aliphatic carbocycles. The standard InChI is InChI=1S/C27H30N2O5/c1-2-23(24(30)29-15-17-11-13-27(29,14-12-17)25(31)32)28-26(33)34-16-22-20-9-5-3-7-18(20)19-8-4-6-10-21(19)22/h3-10,17,22-23H,2,11-16H2,1H3,(H,28,33)(H,31,32)/t17?,23-,27?/m1/s1. The lowest BCUT2D eigenvalue weighted by molar-refractivity contribution is -0.171. The number of nitrogens with zero attached hydrogens (tertiary/aromatic N) is 1. The van der Waals surface area contributed by atoms with Gasteiger partial charge in [-0.05, 0) is 60.3 Å². The number of carbonyl (C=O) groups is 3. The second-order valence-corrected chi connectivity index (χ2v) is 9.66. The number of amides is 2. The zero-order chi connectivity index (χ0) is 23.9. The Morgan fingerprint density at radius 1 is 1.06 bits per heavy atom. The van der Waals surface area contributed by atoms with E-state index in [9.17, 15) is 19.5 Å². The Hall–Kier alpha value is -3.35. The number of alkyl carbamates (subject to hydrolysis) is 1. The number of carboxylic acids is 1. The minimum absolute atomic E-state index is 0.0676. The molecule has 0 unspecified atom stereocenters. The minimum atomic E-state index is -1.15. The van der Waals surface area contributed by atoms with Gasteiger partial charge in [-0.25, -0.2) is 9.59 Å². The Morgan fingerprint density at radius 3 is 2.21 bits per heavy atom. The summed E-state index contributed by atoms with van der Waals surface area (Å²) in [4.78, 5) is 39.7. The highest BCUT2D eigenvalue weighted by Crippen LogP contribution is 2.45. The molecule has 7 heteroatoms. The fourth-order valence-corrected chi connectivity index (χ4v) is 5.98. The van der Waals surface area contributed by atoms with Crippen LogP contribution in [0.5, 0.6) is 0 Å². The summed E-state index contributed by atoms with van der Waals surface area (Å²) in [5, 5.41) is 12.6. The number of hydrogen-bond acceptors (Lipinski definition) is 4. The molecule has 0 spiro atoms. The van der Waals surface area contributed by atoms with E-state index in [1.165, 1.54) is 4.90 Å². The van der Waals surface area contributed by atoms with Gasteiger partial charge in [0.05, 0.1) is 0 Å². The molecule has 2 aromatic rings. The second kappa shape index (κ2) is 8.78. The van der Waals surface area contributed by atoms with Crippen molar-refractivity contribution in [1.29, 1.82) is 0 Å². The maximum Gasteiger partial charge on any atom is 0.407 e. The monoisotopic (exact) mass is 462 g/mol. The molecule has 2 heterocycles. The molecule has 7 nitrogen and oxygen atoms in total. The summed E-state index contributed by atoms with van der Waals surface area (Å²) < 4.78 is 5.61. The third-order valence-electron chi connectivity index (χ3n) is 7.90. The Labute approximate surface area is 199 Å². The summed E-state index contributed by atoms with van der Waals surface area (Å²) in [5.41, 5.74) is 3.38. The molecule has 2 aliphatic heterocycles. The number of nitrogens with one attached hydrogen (secondary N) is 1. The molecule has 4 aliphatic rings. The first-order valence-electron chi connectivity index (χ1n) is 12.1. The van der Waals surface area contributed by atoms with Crippen molar-refractivity contribution in [3.05, 3.63) is 59.7 Å². The first-order valence-corrected chi connectivity index (χ1v) is 12.1. The van der Waals surface area contributed by atoms with E-state index in [4.69, 9.17) is 4.74 Å². The zero-order valence-corrected chi connectivity index (χ0v) is 19.3. The van der Waals surface area contributed by atoms with Gasteiger partial charge in [-0.1, -0.05) is 55.5 Å². The molecule has 0 radical (unpaired) electrons. The van der Waals surface area contributed by atoms with E-state index in [1.807, 2.05) is 31.2 Å². The summed E-state index contributed by atoms with van der Waals surface area (Å²) in [5.74, 6) is -1.02. The Kier molecular flexibility index (Phi) is 5.80. The van der Waals surface area contributed by atoms with Crippen LogP contribution in [-0.2, 0) is 14.3 Å². The fourth-order valence-electron chi connectivity index (χ4n) is 5.98. The molecule has 34 heavy (non-hydrogen) atoms. The van der Waals surface area contributed by atoms with Crippen LogP contribution in [0.15, 0.2) is 48.5 Å². The van der Waals surface area contributed by atoms with Gasteiger partial charge in [0.25, 0.3) is 0 Å². The summed E-state index contributed by atoms with van der Waals surface area (Å²) in [6.07, 6.45) is 2.30. The van der Waals surface area contributed by atoms with Gasteiger partial charge in [-0.3, -0.25) is 4.79 Å². The molecule has 2 aromatic carbocycles. The lowest BCUT2D eigenvalue weighted by Gasteiger charge is -2.52. The maximum atomic E-state index is 13.3. The number of piperidine rings is 2. The number of aliphatic carboxylic acids is 1. The van der Waals surface area contributed by atoms with Crippen molar-refractivity contribution in [3.8, 4) is 11.1 Å². The Morgan fingerprint density at radius 2 is 1.65 bits per heavy atom. The quantitative estimate of drug-likeness (QED) is 0.672. The highest BCUT2D eigenvalue weighted by Gasteiger charge is 2.54. The van der Waals surface area contributed by atoms with E-state index in [-0.39, 0.29) is 18.4 Å². The molecular weight excluding hydrogens is 432 g/mol. The van der Waals surface area contributed by atoms with Crippen LogP contribution in [0.2, 0.25) is 0 Å². The number of rotatable bonds is 6. The molecular formula is C27H30N2O5. The first kappa shape index (κ1) is 22.4. The number of carboxylic acid groups (broad SMARTS) is 1. The third-order valence-corrected chi connectivity index (χ3v) is 7.90. The second-order valence-electron chi connectivity index (χ2n) is 9.66. The van der Waals surface area contributed by atoms with Gasteiger partial charge >= 0.3 is 12.1 Å². The number of fused-ring (bicyclic) bond motifs is 6. The van der Waals surface area contributed by atoms with Crippen LogP contribution in [-0.4, -0.2) is 52.7 Å². The van der Waals surface area contributed by atoms with Gasteiger partial charge in [-0.15, -0.1) is 0 Å². The molecule has 2 N–H and O–H groups in total. The van der Waals surface area contributed by atoms with E-state index in [1.54, 1.807) is 0 Å². The van der Waals surface area contributed by atoms with Crippen LogP contribution in [0.1, 0.15) is 56.1 Å². The van der Waals surface area contributed by atoms with Crippen molar-refractivity contribution in [2.24, 2.45) is 5.92 Å². The number of benzene rings is 2. The van der Waals surface area contributed by atoms with E-state index in [0.29, 0.717) is 31.7 Å². The van der Waals surface area contributed by atoms with Gasteiger partial charge in [0, 0.05) is 12.5 Å². The number of hydrogen-bond donors (Lipinski definition) is 2. The predicted molar refractivity (Wildman–Crippen MR) is 126 cm³/mol. The predicted octanol–water partition coefficient (Wildman–Crippen LogP) is 4.16. The molecule has 178 valence electrons. The van der Waals surface area contributed by atoms with E-state index in [2.05, 4.69) is 29.6 Å². The van der Waals surface area contributed by atoms with Crippen LogP contribution in [0.4, 0.5) is 4.79 Å². The van der Waals surface area contributed by atoms with Gasteiger partial charge in [0.15, 0.2) is 0 Å². The molecule has 2 saturated heterocycles. The summed E-state index contributed by atoms with van der Waals surface area (Å²) >= 11 is 0. The third kappa shape index (κ3) is 3.63. The van der Waals surface area contributed by atoms with Crippen molar-refractivity contribution in [2.45, 2.75) is 56.5 Å². The van der Waals surface area contributed by atoms with Crippen LogP contribution in [0.3, 0.4) is 0 Å². The Bertz CT molecular complexity index is 1080. The van der Waals surface area contributed by atoms with E-state index >= 15 is 0 Å². The molecule has 1 atom stereocenters. The highest BCUT2D eigenvalue weighted by molar-refractivity contribution is 5.92. The summed E-state index contributed by atoms with van der Waals surface area (Å²) in [7, 11) is 0. The average molecular weight is 463 g/mol. The zero-order valence-electron chi connectivity index (χ0n) is 19.3. The van der Waals surface area contributed by atoms with Crippen LogP contribution in [0.25, 0.3) is 11.1 Å². The largest absolute Gasteiger partial charge is 0.479 e. The SMILES string of the molecule is CC[C@@H](NC(=O)OCC1c2ccccc2-c2ccccc21)C(=O)N1CC2CCC1(C(=O)O)CC2. The normalized spacial score (nSPS) is 23.7. The topological polar surface area (TPSA) is 95.9 Å². The van der Waals surface area contributed by atoms with Crippen molar-refractivity contribution < 1.29 is 24.2 Å². The van der Waals surface area contributed by atoms with Gasteiger partial charge in [-0.2, -0.15) is 0 Å². The maximum absolute atomic E-state index is 13.3. The van der Waals surface area contributed by atoms with E-state index in [0.717, 1.165) is 35.1 Å². The Balaban J connectivity index is 1.26. The first-order chi connectivity index (χ1) is 16.4. The smallest absolute Gasteiger partial charge is 0.407 e. The average Bonchev–Trinajstić information content (AvgIpc) is 3.20. The molecule has 1 saturated carbocycles. The highest BCUT2D eigenvalue weighted by atomic mass is 16.5. The minimum Gasteiger partial charge on any atom is -0.479 e. The molecule has 3 fully saturated rings. The molecule has 6 rings (SSSR count).